The summed E-state index contributed by atoms with van der Waals surface area (Å²) >= 11 is 5.80. The number of rotatable bonds is 2. The van der Waals surface area contributed by atoms with E-state index in [-0.39, 0.29) is 6.10 Å². The molecule has 5 heteroatoms. The van der Waals surface area contributed by atoms with Crippen molar-refractivity contribution in [2.45, 2.75) is 19.4 Å². The Morgan fingerprint density at radius 1 is 1.60 bits per heavy atom. The van der Waals surface area contributed by atoms with Gasteiger partial charge in [0.25, 0.3) is 0 Å². The molecule has 0 amide bonds. The molecule has 0 radical (unpaired) electrons. The van der Waals surface area contributed by atoms with Crippen molar-refractivity contribution in [3.63, 3.8) is 0 Å². The highest BCUT2D eigenvalue weighted by Crippen LogP contribution is 2.24. The van der Waals surface area contributed by atoms with E-state index in [2.05, 4.69) is 14.9 Å². The van der Waals surface area contributed by atoms with E-state index in [1.807, 2.05) is 6.92 Å². The van der Waals surface area contributed by atoms with Crippen LogP contribution in [-0.2, 0) is 0 Å². The molecule has 2 heterocycles. The number of hydrogen-bond donors (Lipinski definition) is 1. The molecule has 4 nitrogen and oxygen atoms in total. The molecule has 0 aromatic carbocycles. The Kier molecular flexibility index (Phi) is 3.07. The number of nitrogens with zero attached hydrogens (tertiary/aromatic N) is 3. The number of hydrogen-bond acceptors (Lipinski definition) is 4. The van der Waals surface area contributed by atoms with Gasteiger partial charge in [0.05, 0.1) is 6.10 Å². The third-order valence-electron chi connectivity index (χ3n) is 2.85. The molecule has 0 unspecified atom stereocenters. The van der Waals surface area contributed by atoms with E-state index < -0.39 is 0 Å². The number of halogens is 1. The van der Waals surface area contributed by atoms with Gasteiger partial charge in [-0.2, -0.15) is 0 Å². The fourth-order valence-corrected chi connectivity index (χ4v) is 2.03. The third-order valence-corrected chi connectivity index (χ3v) is 3.06. The average Bonchev–Trinajstić information content (AvgIpc) is 2.66. The van der Waals surface area contributed by atoms with Crippen molar-refractivity contribution < 1.29 is 5.11 Å². The van der Waals surface area contributed by atoms with Gasteiger partial charge in [-0.05, 0) is 13.3 Å². The molecule has 0 bridgehead atoms. The summed E-state index contributed by atoms with van der Waals surface area (Å²) in [7, 11) is 0. The number of aromatic nitrogens is 2. The predicted molar refractivity (Wildman–Crippen MR) is 59.0 cm³/mol. The minimum Gasteiger partial charge on any atom is -0.393 e. The van der Waals surface area contributed by atoms with Crippen LogP contribution in [0.5, 0.6) is 0 Å². The Balaban J connectivity index is 2.08. The van der Waals surface area contributed by atoms with Crippen LogP contribution in [0.15, 0.2) is 12.4 Å². The Bertz CT molecular complexity index is 345. The predicted octanol–water partition coefficient (Wildman–Crippen LogP) is 1.34. The monoisotopic (exact) mass is 227 g/mol. The molecule has 1 saturated heterocycles. The lowest BCUT2D eigenvalue weighted by Gasteiger charge is -2.18. The van der Waals surface area contributed by atoms with Crippen LogP contribution < -0.4 is 4.90 Å². The minimum atomic E-state index is -0.257. The largest absolute Gasteiger partial charge is 0.393 e. The summed E-state index contributed by atoms with van der Waals surface area (Å²) in [5.74, 6) is 1.18. The maximum atomic E-state index is 9.49. The van der Waals surface area contributed by atoms with Gasteiger partial charge in [-0.1, -0.05) is 11.6 Å². The van der Waals surface area contributed by atoms with Crippen LogP contribution in [0.2, 0.25) is 5.15 Å². The van der Waals surface area contributed by atoms with Crippen LogP contribution in [0.3, 0.4) is 0 Å². The SMILES string of the molecule is C[C@H](O)[C@H]1CCN(c2cc(Cl)ncn2)C1. The zero-order chi connectivity index (χ0) is 10.8. The lowest BCUT2D eigenvalue weighted by molar-refractivity contribution is 0.136. The fraction of sp³-hybridized carbons (Fsp3) is 0.600. The van der Waals surface area contributed by atoms with Gasteiger partial charge < -0.3 is 10.0 Å². The second-order valence-corrected chi connectivity index (χ2v) is 4.32. The third kappa shape index (κ3) is 2.38. The van der Waals surface area contributed by atoms with Crippen LogP contribution in [0.4, 0.5) is 5.82 Å². The molecule has 2 rings (SSSR count). The molecule has 1 aliphatic rings. The van der Waals surface area contributed by atoms with Crippen molar-refractivity contribution in [1.82, 2.24) is 9.97 Å². The topological polar surface area (TPSA) is 49.2 Å². The highest BCUT2D eigenvalue weighted by molar-refractivity contribution is 6.29. The molecular formula is C10H14ClN3O. The number of aliphatic hydroxyl groups excluding tert-OH is 1. The Morgan fingerprint density at radius 3 is 3.00 bits per heavy atom. The van der Waals surface area contributed by atoms with Crippen molar-refractivity contribution in [3.05, 3.63) is 17.5 Å². The van der Waals surface area contributed by atoms with Crippen LogP contribution in [0.1, 0.15) is 13.3 Å². The van der Waals surface area contributed by atoms with Crippen molar-refractivity contribution >= 4 is 17.4 Å². The lowest BCUT2D eigenvalue weighted by atomic mass is 10.0. The molecule has 1 aromatic rings. The van der Waals surface area contributed by atoms with Gasteiger partial charge in [-0.3, -0.25) is 0 Å². The quantitative estimate of drug-likeness (QED) is 0.775. The van der Waals surface area contributed by atoms with Crippen LogP contribution in [-0.4, -0.2) is 34.3 Å². The first-order valence-electron chi connectivity index (χ1n) is 5.07. The zero-order valence-corrected chi connectivity index (χ0v) is 9.35. The molecule has 0 saturated carbocycles. The summed E-state index contributed by atoms with van der Waals surface area (Å²) in [5.41, 5.74) is 0. The Hall–Kier alpha value is -0.870. The van der Waals surface area contributed by atoms with E-state index in [4.69, 9.17) is 11.6 Å². The van der Waals surface area contributed by atoms with Crippen molar-refractivity contribution in [2.24, 2.45) is 5.92 Å². The minimum absolute atomic E-state index is 0.257. The summed E-state index contributed by atoms with van der Waals surface area (Å²) in [4.78, 5) is 10.1. The second-order valence-electron chi connectivity index (χ2n) is 3.93. The summed E-state index contributed by atoms with van der Waals surface area (Å²) in [5, 5.41) is 9.94. The van der Waals surface area contributed by atoms with Crippen LogP contribution in [0.25, 0.3) is 0 Å². The highest BCUT2D eigenvalue weighted by Gasteiger charge is 2.26. The highest BCUT2D eigenvalue weighted by atomic mass is 35.5. The van der Waals surface area contributed by atoms with E-state index in [0.29, 0.717) is 11.1 Å². The van der Waals surface area contributed by atoms with Gasteiger partial charge >= 0.3 is 0 Å². The molecule has 1 aliphatic heterocycles. The van der Waals surface area contributed by atoms with E-state index in [1.165, 1.54) is 6.33 Å². The smallest absolute Gasteiger partial charge is 0.134 e. The Morgan fingerprint density at radius 2 is 2.40 bits per heavy atom. The standard InChI is InChI=1S/C10H14ClN3O/c1-7(15)8-2-3-14(5-8)10-4-9(11)12-6-13-10/h4,6-8,15H,2-3,5H2,1H3/t7-,8-/m0/s1. The fourth-order valence-electron chi connectivity index (χ4n) is 1.89. The molecule has 15 heavy (non-hydrogen) atoms. The molecule has 1 fully saturated rings. The molecule has 1 N–H and O–H groups in total. The summed E-state index contributed by atoms with van der Waals surface area (Å²) in [6.45, 7) is 3.59. The van der Waals surface area contributed by atoms with Gasteiger partial charge in [0.15, 0.2) is 0 Å². The van der Waals surface area contributed by atoms with Crippen molar-refractivity contribution in [2.75, 3.05) is 18.0 Å². The van der Waals surface area contributed by atoms with Crippen LogP contribution in [0, 0.1) is 5.92 Å². The first-order valence-corrected chi connectivity index (χ1v) is 5.45. The summed E-state index contributed by atoms with van der Waals surface area (Å²) in [6.07, 6.45) is 2.21. The molecule has 1 aromatic heterocycles. The molecule has 82 valence electrons. The van der Waals surface area contributed by atoms with E-state index in [1.54, 1.807) is 6.07 Å². The first kappa shape index (κ1) is 10.6. The normalized spacial score (nSPS) is 23.1. The summed E-state index contributed by atoms with van der Waals surface area (Å²) < 4.78 is 0. The number of anilines is 1. The second kappa shape index (κ2) is 4.33. The number of aliphatic hydroxyl groups is 1. The molecule has 0 aliphatic carbocycles. The van der Waals surface area contributed by atoms with E-state index >= 15 is 0 Å². The lowest BCUT2D eigenvalue weighted by Crippen LogP contribution is -2.24. The van der Waals surface area contributed by atoms with E-state index in [0.717, 1.165) is 25.3 Å². The van der Waals surface area contributed by atoms with Gasteiger partial charge in [0, 0.05) is 25.1 Å². The maximum Gasteiger partial charge on any atom is 0.134 e. The maximum absolute atomic E-state index is 9.49. The average molecular weight is 228 g/mol. The molecule has 2 atom stereocenters. The summed E-state index contributed by atoms with van der Waals surface area (Å²) in [6, 6.07) is 1.76. The van der Waals surface area contributed by atoms with Gasteiger partial charge in [0.2, 0.25) is 0 Å². The van der Waals surface area contributed by atoms with Crippen molar-refractivity contribution in [3.8, 4) is 0 Å². The molecule has 0 spiro atoms. The van der Waals surface area contributed by atoms with Gasteiger partial charge in [-0.15, -0.1) is 0 Å². The first-order chi connectivity index (χ1) is 7.16. The van der Waals surface area contributed by atoms with Crippen LogP contribution >= 0.6 is 11.6 Å². The Labute approximate surface area is 93.9 Å². The zero-order valence-electron chi connectivity index (χ0n) is 8.60. The molecular weight excluding hydrogens is 214 g/mol. The van der Waals surface area contributed by atoms with Gasteiger partial charge in [-0.25, -0.2) is 9.97 Å². The van der Waals surface area contributed by atoms with E-state index in [9.17, 15) is 5.11 Å². The van der Waals surface area contributed by atoms with Gasteiger partial charge in [0.1, 0.15) is 17.3 Å². The van der Waals surface area contributed by atoms with Crippen molar-refractivity contribution in [1.29, 1.82) is 0 Å².